The monoisotopic (exact) mass is 387 g/mol. The topological polar surface area (TPSA) is 55.4 Å². The van der Waals surface area contributed by atoms with E-state index in [-0.39, 0.29) is 18.1 Å². The molecule has 1 atom stereocenters. The Morgan fingerprint density at radius 3 is 2.33 bits per heavy atom. The number of ether oxygens (including phenoxy) is 1. The predicted octanol–water partition coefficient (Wildman–Crippen LogP) is 4.37. The Hall–Kier alpha value is -2.60. The van der Waals surface area contributed by atoms with Gasteiger partial charge in [0.1, 0.15) is 5.82 Å². The maximum Gasteiger partial charge on any atom is 0.307 e. The fourth-order valence-corrected chi connectivity index (χ4v) is 2.95. The molecule has 2 rings (SSSR count). The molecule has 0 aliphatic carbocycles. The maximum absolute atomic E-state index is 13.0. The summed E-state index contributed by atoms with van der Waals surface area (Å²) in [7, 11) is 1.32. The second-order valence-corrected chi connectivity index (χ2v) is 6.83. The van der Waals surface area contributed by atoms with Gasteiger partial charge in [-0.3, -0.25) is 9.59 Å². The van der Waals surface area contributed by atoms with Crippen molar-refractivity contribution < 1.29 is 18.7 Å². The predicted molar refractivity (Wildman–Crippen MR) is 106 cm³/mol. The van der Waals surface area contributed by atoms with Crippen LogP contribution in [0.2, 0.25) is 0 Å². The summed E-state index contributed by atoms with van der Waals surface area (Å²) in [5.74, 6) is -1.07. The number of rotatable bonds is 7. The number of benzene rings is 2. The largest absolute Gasteiger partial charge is 0.469 e. The summed E-state index contributed by atoms with van der Waals surface area (Å²) in [6, 6.07) is 13.1. The van der Waals surface area contributed by atoms with Gasteiger partial charge in [0, 0.05) is 11.0 Å². The molecule has 27 heavy (non-hydrogen) atoms. The molecule has 0 aliphatic rings. The van der Waals surface area contributed by atoms with Crippen LogP contribution in [0.15, 0.2) is 59.5 Å². The van der Waals surface area contributed by atoms with Gasteiger partial charge in [-0.1, -0.05) is 24.3 Å². The van der Waals surface area contributed by atoms with Crippen LogP contribution in [0.4, 0.5) is 4.39 Å². The number of halogens is 1. The van der Waals surface area contributed by atoms with E-state index in [4.69, 9.17) is 4.74 Å². The zero-order valence-corrected chi connectivity index (χ0v) is 16.3. The van der Waals surface area contributed by atoms with Gasteiger partial charge in [0.05, 0.1) is 19.6 Å². The van der Waals surface area contributed by atoms with Crippen molar-refractivity contribution in [2.45, 2.75) is 24.3 Å². The van der Waals surface area contributed by atoms with Crippen LogP contribution in [-0.4, -0.2) is 25.2 Å². The third-order valence-electron chi connectivity index (χ3n) is 4.08. The lowest BCUT2D eigenvalue weighted by molar-refractivity contribution is -0.141. The second kappa shape index (κ2) is 9.92. The Balaban J connectivity index is 2.17. The average molecular weight is 387 g/mol. The van der Waals surface area contributed by atoms with Crippen molar-refractivity contribution in [1.82, 2.24) is 5.32 Å². The smallest absolute Gasteiger partial charge is 0.307 e. The maximum atomic E-state index is 13.0. The molecule has 4 nitrogen and oxygen atoms in total. The van der Waals surface area contributed by atoms with Crippen LogP contribution in [0.25, 0.3) is 5.57 Å². The molecule has 6 heteroatoms. The van der Waals surface area contributed by atoms with Gasteiger partial charge in [-0.15, -0.1) is 11.8 Å². The molecule has 0 radical (unpaired) electrons. The first kappa shape index (κ1) is 20.7. The van der Waals surface area contributed by atoms with Crippen molar-refractivity contribution in [3.63, 3.8) is 0 Å². The quantitative estimate of drug-likeness (QED) is 0.435. The Morgan fingerprint density at radius 1 is 1.15 bits per heavy atom. The Kier molecular flexibility index (Phi) is 7.61. The SMILES string of the molecule is COC(=O)CC(NC(=O)/C=C(/C)c1ccc(F)cc1)c1ccc(SC)cc1. The second-order valence-electron chi connectivity index (χ2n) is 5.95. The van der Waals surface area contributed by atoms with Crippen molar-refractivity contribution in [3.8, 4) is 0 Å². The van der Waals surface area contributed by atoms with E-state index in [1.807, 2.05) is 30.5 Å². The fraction of sp³-hybridized carbons (Fsp3) is 0.238. The van der Waals surface area contributed by atoms with Gasteiger partial charge in [-0.2, -0.15) is 0 Å². The lowest BCUT2D eigenvalue weighted by Gasteiger charge is -2.18. The Morgan fingerprint density at radius 2 is 1.78 bits per heavy atom. The van der Waals surface area contributed by atoms with Crippen LogP contribution in [0, 0.1) is 5.82 Å². The molecule has 2 aromatic rings. The van der Waals surface area contributed by atoms with Gasteiger partial charge in [0.2, 0.25) is 5.91 Å². The van der Waals surface area contributed by atoms with Crippen molar-refractivity contribution >= 4 is 29.2 Å². The Labute approximate surface area is 162 Å². The Bertz CT molecular complexity index is 816. The first-order chi connectivity index (χ1) is 12.9. The number of esters is 1. The number of allylic oxidation sites excluding steroid dienone is 1. The van der Waals surface area contributed by atoms with Gasteiger partial charge in [0.15, 0.2) is 0 Å². The minimum atomic E-state index is -0.502. The highest BCUT2D eigenvalue weighted by atomic mass is 32.2. The molecule has 0 bridgehead atoms. The number of thioether (sulfide) groups is 1. The highest BCUT2D eigenvalue weighted by molar-refractivity contribution is 7.98. The molecule has 0 heterocycles. The van der Waals surface area contributed by atoms with Gasteiger partial charge in [-0.25, -0.2) is 4.39 Å². The molecule has 0 spiro atoms. The third kappa shape index (κ3) is 6.25. The molecule has 0 saturated heterocycles. The summed E-state index contributed by atoms with van der Waals surface area (Å²) in [6.07, 6.45) is 3.45. The number of nitrogens with one attached hydrogen (secondary N) is 1. The van der Waals surface area contributed by atoms with Crippen LogP contribution in [-0.2, 0) is 14.3 Å². The molecule has 0 fully saturated rings. The lowest BCUT2D eigenvalue weighted by atomic mass is 10.0. The fourth-order valence-electron chi connectivity index (χ4n) is 2.54. The molecule has 1 amide bonds. The van der Waals surface area contributed by atoms with Crippen LogP contribution < -0.4 is 5.32 Å². The summed E-state index contributed by atoms with van der Waals surface area (Å²) in [4.78, 5) is 25.3. The van der Waals surface area contributed by atoms with E-state index >= 15 is 0 Å². The standard InChI is InChI=1S/C21H22FNO3S/c1-14(15-4-8-17(22)9-5-15)12-20(24)23-19(13-21(25)26-2)16-6-10-18(27-3)11-7-16/h4-12,19H,13H2,1-3H3,(H,23,24)/b14-12-. The number of hydrogen-bond donors (Lipinski definition) is 1. The zero-order valence-electron chi connectivity index (χ0n) is 15.5. The molecule has 1 N–H and O–H groups in total. The lowest BCUT2D eigenvalue weighted by Crippen LogP contribution is -2.29. The summed E-state index contributed by atoms with van der Waals surface area (Å²) in [5.41, 5.74) is 2.27. The van der Waals surface area contributed by atoms with Gasteiger partial charge >= 0.3 is 5.97 Å². The summed E-state index contributed by atoms with van der Waals surface area (Å²) in [5, 5.41) is 2.85. The van der Waals surface area contributed by atoms with Gasteiger partial charge < -0.3 is 10.1 Å². The third-order valence-corrected chi connectivity index (χ3v) is 4.82. The van der Waals surface area contributed by atoms with Crippen LogP contribution in [0.1, 0.15) is 30.5 Å². The van der Waals surface area contributed by atoms with Gasteiger partial charge in [-0.05, 0) is 54.1 Å². The van der Waals surface area contributed by atoms with Crippen LogP contribution >= 0.6 is 11.8 Å². The van der Waals surface area contributed by atoms with E-state index in [1.165, 1.54) is 25.3 Å². The van der Waals surface area contributed by atoms with Crippen molar-refractivity contribution in [2.24, 2.45) is 0 Å². The molecule has 0 aliphatic heterocycles. The zero-order chi connectivity index (χ0) is 19.8. The molecule has 0 aromatic heterocycles. The van der Waals surface area contributed by atoms with Crippen molar-refractivity contribution in [1.29, 1.82) is 0 Å². The normalized spacial score (nSPS) is 12.4. The molecule has 2 aromatic carbocycles. The molecule has 0 saturated carbocycles. The number of methoxy groups -OCH3 is 1. The minimum absolute atomic E-state index is 0.0320. The van der Waals surface area contributed by atoms with Crippen molar-refractivity contribution in [3.05, 3.63) is 71.6 Å². The van der Waals surface area contributed by atoms with E-state index in [2.05, 4.69) is 5.32 Å². The number of hydrogen-bond acceptors (Lipinski definition) is 4. The number of carbonyl (C=O) groups is 2. The first-order valence-corrected chi connectivity index (χ1v) is 9.61. The summed E-state index contributed by atoms with van der Waals surface area (Å²) in [6.45, 7) is 1.77. The first-order valence-electron chi connectivity index (χ1n) is 8.38. The van der Waals surface area contributed by atoms with E-state index in [1.54, 1.807) is 30.8 Å². The van der Waals surface area contributed by atoms with E-state index < -0.39 is 12.0 Å². The highest BCUT2D eigenvalue weighted by Crippen LogP contribution is 2.22. The van der Waals surface area contributed by atoms with E-state index in [0.29, 0.717) is 5.57 Å². The minimum Gasteiger partial charge on any atom is -0.469 e. The summed E-state index contributed by atoms with van der Waals surface area (Å²) >= 11 is 1.61. The average Bonchev–Trinajstić information content (AvgIpc) is 2.67. The molecule has 142 valence electrons. The number of carbonyl (C=O) groups excluding carboxylic acids is 2. The highest BCUT2D eigenvalue weighted by Gasteiger charge is 2.18. The van der Waals surface area contributed by atoms with E-state index in [0.717, 1.165) is 16.0 Å². The molecular weight excluding hydrogens is 365 g/mol. The van der Waals surface area contributed by atoms with Gasteiger partial charge in [0.25, 0.3) is 0 Å². The van der Waals surface area contributed by atoms with Crippen LogP contribution in [0.3, 0.4) is 0 Å². The molecule has 1 unspecified atom stereocenters. The molecular formula is C21H22FNO3S. The van der Waals surface area contributed by atoms with Crippen molar-refractivity contribution in [2.75, 3.05) is 13.4 Å². The summed E-state index contributed by atoms with van der Waals surface area (Å²) < 4.78 is 17.8. The van der Waals surface area contributed by atoms with E-state index in [9.17, 15) is 14.0 Å². The van der Waals surface area contributed by atoms with Crippen LogP contribution in [0.5, 0.6) is 0 Å². The number of amides is 1.